The lowest BCUT2D eigenvalue weighted by atomic mass is 10.1. The topological polar surface area (TPSA) is 37.4 Å². The summed E-state index contributed by atoms with van der Waals surface area (Å²) in [6.07, 6.45) is 0. The lowest BCUT2D eigenvalue weighted by molar-refractivity contribution is -0.119. The third-order valence-corrected chi connectivity index (χ3v) is 6.13. The molecule has 29 heavy (non-hydrogen) atoms. The van der Waals surface area contributed by atoms with Gasteiger partial charge in [-0.3, -0.25) is 9.59 Å². The molecule has 2 amide bonds. The third-order valence-electron chi connectivity index (χ3n) is 4.49. The summed E-state index contributed by atoms with van der Waals surface area (Å²) in [5.74, 6) is -0.0980. The van der Waals surface area contributed by atoms with Crippen LogP contribution in [0, 0.1) is 0 Å². The van der Waals surface area contributed by atoms with Crippen LogP contribution in [0.25, 0.3) is 5.57 Å². The number of anilines is 1. The highest BCUT2D eigenvalue weighted by Gasteiger charge is 2.40. The molecule has 0 aliphatic carbocycles. The molecule has 0 atom stereocenters. The van der Waals surface area contributed by atoms with Gasteiger partial charge in [0, 0.05) is 15.8 Å². The van der Waals surface area contributed by atoms with E-state index in [9.17, 15) is 9.59 Å². The number of carbonyl (C=O) groups is 2. The first-order valence-electron chi connectivity index (χ1n) is 8.86. The zero-order valence-electron chi connectivity index (χ0n) is 15.1. The molecule has 0 aromatic heterocycles. The van der Waals surface area contributed by atoms with Crippen molar-refractivity contribution in [3.8, 4) is 0 Å². The van der Waals surface area contributed by atoms with Crippen LogP contribution in [0.15, 0.2) is 83.8 Å². The van der Waals surface area contributed by atoms with Crippen molar-refractivity contribution >= 4 is 58.0 Å². The molecule has 0 N–H and O–H groups in total. The highest BCUT2D eigenvalue weighted by Crippen LogP contribution is 2.40. The van der Waals surface area contributed by atoms with Crippen molar-refractivity contribution in [2.24, 2.45) is 0 Å². The summed E-state index contributed by atoms with van der Waals surface area (Å²) < 4.78 is 0. The first-order valence-corrected chi connectivity index (χ1v) is 10.6. The Bertz CT molecular complexity index is 1090. The van der Waals surface area contributed by atoms with Gasteiger partial charge < -0.3 is 0 Å². The molecule has 0 fully saturated rings. The maximum absolute atomic E-state index is 13.3. The minimum absolute atomic E-state index is 0.330. The van der Waals surface area contributed by atoms with Crippen molar-refractivity contribution in [2.75, 3.05) is 4.90 Å². The summed E-state index contributed by atoms with van der Waals surface area (Å²) >= 11 is 13.3. The van der Waals surface area contributed by atoms with Crippen molar-refractivity contribution in [1.82, 2.24) is 0 Å². The molecule has 0 bridgehead atoms. The lowest BCUT2D eigenvalue weighted by Crippen LogP contribution is -2.31. The molecule has 0 saturated heterocycles. The molecular weight excluding hydrogens is 425 g/mol. The molecular formula is C23H15Cl2NO2S. The number of carbonyl (C=O) groups excluding carboxylic acids is 2. The molecule has 1 heterocycles. The van der Waals surface area contributed by atoms with E-state index in [2.05, 4.69) is 0 Å². The Morgan fingerprint density at radius 2 is 1.31 bits per heavy atom. The minimum Gasteiger partial charge on any atom is -0.268 e. The lowest BCUT2D eigenvalue weighted by Gasteiger charge is -2.15. The maximum atomic E-state index is 13.3. The van der Waals surface area contributed by atoms with Crippen molar-refractivity contribution in [1.29, 1.82) is 0 Å². The monoisotopic (exact) mass is 439 g/mol. The van der Waals surface area contributed by atoms with Crippen LogP contribution in [0.1, 0.15) is 11.1 Å². The van der Waals surface area contributed by atoms with E-state index < -0.39 is 0 Å². The Morgan fingerprint density at radius 3 is 1.93 bits per heavy atom. The van der Waals surface area contributed by atoms with Gasteiger partial charge in [-0.1, -0.05) is 65.7 Å². The molecule has 4 rings (SSSR count). The van der Waals surface area contributed by atoms with Gasteiger partial charge in [0.25, 0.3) is 11.8 Å². The Kier molecular flexibility index (Phi) is 5.76. The zero-order chi connectivity index (χ0) is 20.4. The van der Waals surface area contributed by atoms with E-state index in [1.54, 1.807) is 48.5 Å². The van der Waals surface area contributed by atoms with Crippen molar-refractivity contribution in [2.45, 2.75) is 5.75 Å². The molecule has 0 spiro atoms. The largest absolute Gasteiger partial charge is 0.272 e. The van der Waals surface area contributed by atoms with Gasteiger partial charge in [-0.15, -0.1) is 11.8 Å². The number of halogens is 2. The third kappa shape index (κ3) is 4.10. The van der Waals surface area contributed by atoms with Crippen molar-refractivity contribution in [3.63, 3.8) is 0 Å². The van der Waals surface area contributed by atoms with E-state index in [1.165, 1.54) is 16.7 Å². The van der Waals surface area contributed by atoms with Crippen LogP contribution in [0.3, 0.4) is 0 Å². The van der Waals surface area contributed by atoms with E-state index in [-0.39, 0.29) is 11.8 Å². The summed E-state index contributed by atoms with van der Waals surface area (Å²) in [6, 6.07) is 23.4. The predicted octanol–water partition coefficient (Wildman–Crippen LogP) is 6.21. The van der Waals surface area contributed by atoms with Crippen LogP contribution in [0.4, 0.5) is 5.69 Å². The number of nitrogens with zero attached hydrogens (tertiary/aromatic N) is 1. The molecule has 3 aromatic carbocycles. The molecule has 6 heteroatoms. The van der Waals surface area contributed by atoms with Crippen molar-refractivity contribution < 1.29 is 9.59 Å². The maximum Gasteiger partial charge on any atom is 0.272 e. The molecule has 0 unspecified atom stereocenters. The number of rotatable bonds is 5. The second-order valence-corrected chi connectivity index (χ2v) is 8.27. The Morgan fingerprint density at radius 1 is 0.724 bits per heavy atom. The van der Waals surface area contributed by atoms with Crippen LogP contribution in [0.2, 0.25) is 10.0 Å². The summed E-state index contributed by atoms with van der Waals surface area (Å²) in [6.45, 7) is 0. The Labute approximate surface area is 182 Å². The summed E-state index contributed by atoms with van der Waals surface area (Å²) in [7, 11) is 0. The van der Waals surface area contributed by atoms with Gasteiger partial charge in [0.15, 0.2) is 0 Å². The van der Waals surface area contributed by atoms with Gasteiger partial charge in [-0.05, 0) is 47.5 Å². The van der Waals surface area contributed by atoms with Crippen molar-refractivity contribution in [3.05, 3.63) is 105 Å². The van der Waals surface area contributed by atoms with E-state index in [4.69, 9.17) is 23.2 Å². The van der Waals surface area contributed by atoms with Gasteiger partial charge in [-0.2, -0.15) is 0 Å². The van der Waals surface area contributed by atoms with E-state index in [0.717, 1.165) is 5.56 Å². The molecule has 3 nitrogen and oxygen atoms in total. The van der Waals surface area contributed by atoms with Gasteiger partial charge >= 0.3 is 0 Å². The quantitative estimate of drug-likeness (QED) is 0.443. The molecule has 1 aliphatic rings. The predicted molar refractivity (Wildman–Crippen MR) is 120 cm³/mol. The fourth-order valence-electron chi connectivity index (χ4n) is 3.07. The molecule has 0 saturated carbocycles. The number of imide groups is 1. The number of hydrogen-bond acceptors (Lipinski definition) is 3. The highest BCUT2D eigenvalue weighted by atomic mass is 35.5. The molecule has 144 valence electrons. The Hall–Kier alpha value is -2.53. The van der Waals surface area contributed by atoms with E-state index >= 15 is 0 Å². The van der Waals surface area contributed by atoms with E-state index in [1.807, 2.05) is 30.3 Å². The van der Waals surface area contributed by atoms with Gasteiger partial charge in [0.05, 0.1) is 16.2 Å². The van der Waals surface area contributed by atoms with Crippen LogP contribution in [0.5, 0.6) is 0 Å². The first-order chi connectivity index (χ1) is 14.0. The number of thioether (sulfide) groups is 1. The van der Waals surface area contributed by atoms with E-state index in [0.29, 0.717) is 37.5 Å². The van der Waals surface area contributed by atoms with Crippen LogP contribution < -0.4 is 4.90 Å². The molecule has 0 radical (unpaired) electrons. The van der Waals surface area contributed by atoms with Gasteiger partial charge in [-0.25, -0.2) is 4.90 Å². The summed E-state index contributed by atoms with van der Waals surface area (Å²) in [5.41, 5.74) is 2.62. The van der Waals surface area contributed by atoms with Crippen LogP contribution >= 0.6 is 35.0 Å². The zero-order valence-corrected chi connectivity index (χ0v) is 17.5. The fourth-order valence-corrected chi connectivity index (χ4v) is 4.39. The average Bonchev–Trinajstić information content (AvgIpc) is 2.98. The summed E-state index contributed by atoms with van der Waals surface area (Å²) in [5, 5.41) is 1.11. The number of hydrogen-bond donors (Lipinski definition) is 0. The SMILES string of the molecule is O=C1C(SCc2ccccc2)=C(c2ccc(Cl)cc2)C(=O)N1c1ccc(Cl)cc1. The number of benzene rings is 3. The van der Waals surface area contributed by atoms with Gasteiger partial charge in [0.1, 0.15) is 0 Å². The smallest absolute Gasteiger partial charge is 0.268 e. The number of amides is 2. The van der Waals surface area contributed by atoms with Gasteiger partial charge in [0.2, 0.25) is 0 Å². The fraction of sp³-hybridized carbons (Fsp3) is 0.0435. The molecule has 1 aliphatic heterocycles. The standard InChI is InChI=1S/C23H15Cl2NO2S/c24-17-8-6-16(7-9-17)20-21(29-14-15-4-2-1-3-5-15)23(28)26(22(20)27)19-12-10-18(25)11-13-19/h1-13H,14H2. The second kappa shape index (κ2) is 8.46. The molecule has 3 aromatic rings. The minimum atomic E-state index is -0.352. The second-order valence-electron chi connectivity index (χ2n) is 6.41. The Balaban J connectivity index is 1.74. The summed E-state index contributed by atoms with van der Waals surface area (Å²) in [4.78, 5) is 28.1. The first kappa shape index (κ1) is 19.8. The normalized spacial score (nSPS) is 14.1. The average molecular weight is 440 g/mol. The highest BCUT2D eigenvalue weighted by molar-refractivity contribution is 8.03. The van der Waals surface area contributed by atoms with Crippen LogP contribution in [-0.2, 0) is 15.3 Å². The van der Waals surface area contributed by atoms with Crippen LogP contribution in [-0.4, -0.2) is 11.8 Å².